The number of carbonyl (C=O) groups is 2. The summed E-state index contributed by atoms with van der Waals surface area (Å²) in [6.45, 7) is 13.7. The number of carbonyl (C=O) groups excluding carboxylic acids is 1. The number of ether oxygens (including phenoxy) is 2. The Morgan fingerprint density at radius 1 is 0.764 bits per heavy atom. The molecule has 2 aromatic carbocycles. The minimum atomic E-state index is -0.901. The molecule has 6 N–H and O–H groups in total. The van der Waals surface area contributed by atoms with Gasteiger partial charge in [-0.3, -0.25) is 4.79 Å². The number of rotatable bonds is 3. The lowest BCUT2D eigenvalue weighted by Crippen LogP contribution is -2.38. The van der Waals surface area contributed by atoms with Crippen LogP contribution in [-0.4, -0.2) is 84.6 Å². The van der Waals surface area contributed by atoms with Crippen molar-refractivity contribution in [2.75, 3.05) is 26.4 Å². The maximum absolute atomic E-state index is 12.8. The van der Waals surface area contributed by atoms with E-state index >= 15 is 0 Å². The molecular formula is C42H50N8O5. The Bertz CT molecular complexity index is 2370. The number of amides is 1. The average Bonchev–Trinajstić information content (AvgIpc) is 3.96. The number of hydrogen-bond donors (Lipinski definition) is 5. The number of imidazole rings is 2. The fourth-order valence-electron chi connectivity index (χ4n) is 8.57. The fourth-order valence-corrected chi connectivity index (χ4v) is 8.57. The number of carboxylic acids is 1. The monoisotopic (exact) mass is 746 g/mol. The first-order valence-corrected chi connectivity index (χ1v) is 19.2. The number of H-pyrrole nitrogens is 2. The molecule has 288 valence electrons. The van der Waals surface area contributed by atoms with E-state index in [4.69, 9.17) is 15.2 Å². The lowest BCUT2D eigenvalue weighted by molar-refractivity contribution is 0.0688. The maximum atomic E-state index is 12.8. The Hall–Kier alpha value is -5.24. The third-order valence-corrected chi connectivity index (χ3v) is 11.3. The molecule has 0 aliphatic carbocycles. The lowest BCUT2D eigenvalue weighted by atomic mass is 9.80. The van der Waals surface area contributed by atoms with E-state index in [2.05, 4.69) is 62.1 Å². The van der Waals surface area contributed by atoms with Crippen LogP contribution in [-0.2, 0) is 33.4 Å². The number of nitrogens with zero attached hydrogens (tertiary/aromatic N) is 4. The molecule has 13 nitrogen and oxygen atoms in total. The molecule has 0 atom stereocenters. The summed E-state index contributed by atoms with van der Waals surface area (Å²) in [4.78, 5) is 39.9. The van der Waals surface area contributed by atoms with Gasteiger partial charge in [0.15, 0.2) is 11.6 Å². The van der Waals surface area contributed by atoms with E-state index in [1.807, 2.05) is 42.9 Å². The predicted octanol–water partition coefficient (Wildman–Crippen LogP) is 6.38. The van der Waals surface area contributed by atoms with Gasteiger partial charge in [0.1, 0.15) is 0 Å². The van der Waals surface area contributed by atoms with Gasteiger partial charge in [-0.25, -0.2) is 14.8 Å². The molecule has 2 saturated heterocycles. The molecule has 4 aliphatic rings. The van der Waals surface area contributed by atoms with Gasteiger partial charge in [0.25, 0.3) is 5.91 Å². The van der Waals surface area contributed by atoms with Gasteiger partial charge in [-0.2, -0.15) is 0 Å². The number of aromatic carboxylic acids is 1. The molecule has 0 spiro atoms. The van der Waals surface area contributed by atoms with Crippen LogP contribution in [0.3, 0.4) is 0 Å². The summed E-state index contributed by atoms with van der Waals surface area (Å²) in [5.41, 5.74) is 12.9. The standard InChI is InChI=1S/C21H24N4O2.C16H15N3O2.C5H11NO/c1-21(2)12-25-8-7-22-19(25)18-17(21)15-11-13(3-4-16(15)24-18)20(26)23-14-5-9-27-10-6-14;1-16(2)8-19-6-5-17-14(19)13-12(16)10-7-9(15(20)21)3-4-11(10)18-13;6-5-1-3-7-4-2-5/h3-4,7-8,11,14,24H,5-6,9-10,12H2,1-2H3,(H,23,26);3-7,18H,8H2,1-2H3,(H,20,21);5H,1-4,6H2. The SMILES string of the molecule is CC1(C)Cn2ccnc2-c2[nH]c3ccc(C(=O)NC4CCOCC4)cc3c21.CC1(C)Cn2ccnc2-c2[nH]c3ccc(C(=O)O)cc3c21.NC1CCOCC1. The summed E-state index contributed by atoms with van der Waals surface area (Å²) in [5, 5.41) is 14.5. The Balaban J connectivity index is 0.000000135. The third kappa shape index (κ3) is 7.07. The van der Waals surface area contributed by atoms with Crippen LogP contribution in [0.25, 0.3) is 44.8 Å². The van der Waals surface area contributed by atoms with Crippen molar-refractivity contribution in [3.05, 3.63) is 83.4 Å². The van der Waals surface area contributed by atoms with E-state index in [1.165, 1.54) is 5.56 Å². The molecule has 0 unspecified atom stereocenters. The number of benzene rings is 2. The van der Waals surface area contributed by atoms with Crippen LogP contribution in [0, 0.1) is 0 Å². The van der Waals surface area contributed by atoms with E-state index < -0.39 is 5.97 Å². The van der Waals surface area contributed by atoms with E-state index in [0.29, 0.717) is 17.2 Å². The van der Waals surface area contributed by atoms with Crippen LogP contribution in [0.15, 0.2) is 61.2 Å². The second-order valence-corrected chi connectivity index (χ2v) is 16.4. The minimum Gasteiger partial charge on any atom is -0.478 e. The van der Waals surface area contributed by atoms with E-state index in [0.717, 1.165) is 116 Å². The lowest BCUT2D eigenvalue weighted by Gasteiger charge is -2.31. The number of aromatic nitrogens is 6. The first kappa shape index (κ1) is 36.7. The zero-order valence-electron chi connectivity index (χ0n) is 31.9. The second kappa shape index (κ2) is 14.4. The minimum absolute atomic E-state index is 0.00568. The zero-order valence-corrected chi connectivity index (χ0v) is 31.9. The van der Waals surface area contributed by atoms with Gasteiger partial charge in [-0.1, -0.05) is 27.7 Å². The highest BCUT2D eigenvalue weighted by Crippen LogP contribution is 2.44. The Labute approximate surface area is 319 Å². The second-order valence-electron chi connectivity index (χ2n) is 16.4. The fraction of sp³-hybridized carbons (Fsp3) is 0.429. The smallest absolute Gasteiger partial charge is 0.335 e. The summed E-state index contributed by atoms with van der Waals surface area (Å²) >= 11 is 0. The molecule has 55 heavy (non-hydrogen) atoms. The van der Waals surface area contributed by atoms with Gasteiger partial charge >= 0.3 is 5.97 Å². The zero-order chi connectivity index (χ0) is 38.5. The van der Waals surface area contributed by atoms with Crippen LogP contribution in [0.2, 0.25) is 0 Å². The van der Waals surface area contributed by atoms with Gasteiger partial charge in [-0.05, 0) is 73.2 Å². The molecule has 0 bridgehead atoms. The highest BCUT2D eigenvalue weighted by Gasteiger charge is 2.36. The number of aromatic amines is 2. The Morgan fingerprint density at radius 2 is 1.24 bits per heavy atom. The van der Waals surface area contributed by atoms with Crippen LogP contribution < -0.4 is 11.1 Å². The number of nitrogens with two attached hydrogens (primary N) is 1. The normalized spacial score (nSPS) is 18.5. The number of carboxylic acid groups (broad SMARTS) is 1. The van der Waals surface area contributed by atoms with Crippen molar-refractivity contribution in [2.45, 2.75) is 89.4 Å². The highest BCUT2D eigenvalue weighted by molar-refractivity contribution is 6.01. The Kier molecular flexibility index (Phi) is 9.64. The van der Waals surface area contributed by atoms with Crippen molar-refractivity contribution >= 4 is 33.7 Å². The van der Waals surface area contributed by atoms with Crippen molar-refractivity contribution in [3.63, 3.8) is 0 Å². The predicted molar refractivity (Wildman–Crippen MR) is 211 cm³/mol. The van der Waals surface area contributed by atoms with Crippen molar-refractivity contribution < 1.29 is 24.2 Å². The summed E-state index contributed by atoms with van der Waals surface area (Å²) in [6.07, 6.45) is 11.5. The first-order valence-electron chi connectivity index (χ1n) is 19.2. The number of hydrogen-bond acceptors (Lipinski definition) is 7. The van der Waals surface area contributed by atoms with Crippen molar-refractivity contribution in [1.29, 1.82) is 0 Å². The highest BCUT2D eigenvalue weighted by atomic mass is 16.5. The molecule has 10 rings (SSSR count). The van der Waals surface area contributed by atoms with Gasteiger partial charge in [-0.15, -0.1) is 0 Å². The van der Waals surface area contributed by atoms with E-state index in [-0.39, 0.29) is 22.8 Å². The molecule has 6 aromatic rings. The van der Waals surface area contributed by atoms with Gasteiger partial charge in [0.2, 0.25) is 0 Å². The topological polar surface area (TPSA) is 178 Å². The quantitative estimate of drug-likeness (QED) is 0.139. The van der Waals surface area contributed by atoms with Gasteiger partial charge in [0.05, 0.1) is 17.0 Å². The first-order chi connectivity index (χ1) is 26.4. The van der Waals surface area contributed by atoms with Crippen molar-refractivity contribution in [1.82, 2.24) is 34.4 Å². The van der Waals surface area contributed by atoms with E-state index in [9.17, 15) is 14.7 Å². The maximum Gasteiger partial charge on any atom is 0.335 e. The van der Waals surface area contributed by atoms with Crippen molar-refractivity contribution in [3.8, 4) is 23.0 Å². The summed E-state index contributed by atoms with van der Waals surface area (Å²) in [7, 11) is 0. The molecule has 8 heterocycles. The average molecular weight is 747 g/mol. The summed E-state index contributed by atoms with van der Waals surface area (Å²) < 4.78 is 14.8. The molecular weight excluding hydrogens is 697 g/mol. The summed E-state index contributed by atoms with van der Waals surface area (Å²) in [5.74, 6) is 0.974. The Morgan fingerprint density at radius 3 is 1.71 bits per heavy atom. The van der Waals surface area contributed by atoms with Gasteiger partial charge < -0.3 is 44.7 Å². The van der Waals surface area contributed by atoms with Gasteiger partial charge in [0, 0.05) is 115 Å². The van der Waals surface area contributed by atoms with Crippen LogP contribution >= 0.6 is 0 Å². The van der Waals surface area contributed by atoms with Crippen LogP contribution in [0.1, 0.15) is 85.2 Å². The summed E-state index contributed by atoms with van der Waals surface area (Å²) in [6, 6.07) is 11.8. The van der Waals surface area contributed by atoms with Crippen LogP contribution in [0.4, 0.5) is 0 Å². The van der Waals surface area contributed by atoms with E-state index in [1.54, 1.807) is 18.3 Å². The third-order valence-electron chi connectivity index (χ3n) is 11.3. The van der Waals surface area contributed by atoms with Crippen LogP contribution in [0.5, 0.6) is 0 Å². The molecule has 13 heteroatoms. The molecule has 0 radical (unpaired) electrons. The molecule has 4 aliphatic heterocycles. The van der Waals surface area contributed by atoms with Crippen molar-refractivity contribution in [2.24, 2.45) is 5.73 Å². The molecule has 1 amide bonds. The molecule has 4 aromatic heterocycles. The number of fused-ring (bicyclic) bond motifs is 10. The largest absolute Gasteiger partial charge is 0.478 e. The number of nitrogens with one attached hydrogen (secondary N) is 3. The molecule has 0 saturated carbocycles. The molecule has 2 fully saturated rings.